The number of hydrogen-bond acceptors (Lipinski definition) is 4. The van der Waals surface area contributed by atoms with Crippen LogP contribution in [0.2, 0.25) is 5.02 Å². The largest absolute Gasteiger partial charge is 0.352 e. The molecule has 2 amide bonds. The highest BCUT2D eigenvalue weighted by Gasteiger charge is 2.31. The Morgan fingerprint density at radius 3 is 2.21 bits per heavy atom. The van der Waals surface area contributed by atoms with Crippen LogP contribution in [0.1, 0.15) is 43.7 Å². The van der Waals surface area contributed by atoms with Crippen molar-refractivity contribution in [2.45, 2.75) is 58.2 Å². The van der Waals surface area contributed by atoms with Gasteiger partial charge in [-0.3, -0.25) is 13.9 Å². The molecule has 7 nitrogen and oxygen atoms in total. The molecule has 34 heavy (non-hydrogen) atoms. The fourth-order valence-corrected chi connectivity index (χ4v) is 5.06. The molecule has 0 saturated heterocycles. The number of anilines is 1. The summed E-state index contributed by atoms with van der Waals surface area (Å²) in [6, 6.07) is 13.3. The minimum atomic E-state index is -3.76. The van der Waals surface area contributed by atoms with Crippen LogP contribution in [-0.2, 0) is 26.2 Å². The van der Waals surface area contributed by atoms with Crippen LogP contribution in [0.15, 0.2) is 48.5 Å². The minimum absolute atomic E-state index is 0.118. The lowest BCUT2D eigenvalue weighted by molar-refractivity contribution is -0.139. The predicted octanol–water partition coefficient (Wildman–Crippen LogP) is 3.89. The molecule has 0 unspecified atom stereocenters. The molecule has 9 heteroatoms. The van der Waals surface area contributed by atoms with Crippen molar-refractivity contribution in [3.63, 3.8) is 0 Å². The van der Waals surface area contributed by atoms with Crippen LogP contribution in [0, 0.1) is 6.92 Å². The van der Waals surface area contributed by atoms with E-state index in [9.17, 15) is 18.0 Å². The zero-order chi connectivity index (χ0) is 24.9. The normalized spacial score (nSPS) is 15.1. The number of hydrogen-bond donors (Lipinski definition) is 1. The van der Waals surface area contributed by atoms with E-state index >= 15 is 0 Å². The molecule has 184 valence electrons. The topological polar surface area (TPSA) is 86.8 Å². The quantitative estimate of drug-likeness (QED) is 0.560. The summed E-state index contributed by atoms with van der Waals surface area (Å²) in [5.41, 5.74) is 2.27. The lowest BCUT2D eigenvalue weighted by Crippen LogP contribution is -2.52. The number of sulfonamides is 1. The minimum Gasteiger partial charge on any atom is -0.352 e. The van der Waals surface area contributed by atoms with Gasteiger partial charge in [-0.1, -0.05) is 54.3 Å². The monoisotopic (exact) mass is 505 g/mol. The third-order valence-electron chi connectivity index (χ3n) is 6.14. The fourth-order valence-electron chi connectivity index (χ4n) is 4.09. The third kappa shape index (κ3) is 6.96. The van der Waals surface area contributed by atoms with Crippen molar-refractivity contribution >= 4 is 39.1 Å². The Labute approximate surface area is 207 Å². The Morgan fingerprint density at radius 2 is 1.65 bits per heavy atom. The second kappa shape index (κ2) is 11.2. The van der Waals surface area contributed by atoms with E-state index in [1.165, 1.54) is 4.90 Å². The summed E-state index contributed by atoms with van der Waals surface area (Å²) in [6.07, 6.45) is 5.08. The van der Waals surface area contributed by atoms with E-state index in [0.29, 0.717) is 10.7 Å². The van der Waals surface area contributed by atoms with Gasteiger partial charge >= 0.3 is 0 Å². The third-order valence-corrected chi connectivity index (χ3v) is 7.53. The molecular formula is C25H32ClN3O4S. The van der Waals surface area contributed by atoms with Crippen LogP contribution in [0.5, 0.6) is 0 Å². The van der Waals surface area contributed by atoms with E-state index < -0.39 is 28.5 Å². The Balaban J connectivity index is 1.86. The molecule has 1 aliphatic carbocycles. The van der Waals surface area contributed by atoms with Crippen molar-refractivity contribution in [3.8, 4) is 0 Å². The van der Waals surface area contributed by atoms with E-state index in [1.54, 1.807) is 31.2 Å². The molecule has 1 aliphatic rings. The van der Waals surface area contributed by atoms with E-state index in [1.807, 2.05) is 31.2 Å². The van der Waals surface area contributed by atoms with Crippen molar-refractivity contribution in [2.24, 2.45) is 0 Å². The Hall–Kier alpha value is -2.58. The Kier molecular flexibility index (Phi) is 8.60. The number of nitrogens with zero attached hydrogens (tertiary/aromatic N) is 2. The van der Waals surface area contributed by atoms with Gasteiger partial charge in [-0.2, -0.15) is 0 Å². The number of rotatable bonds is 9. The van der Waals surface area contributed by atoms with Crippen LogP contribution in [0.3, 0.4) is 0 Å². The maximum Gasteiger partial charge on any atom is 0.244 e. The van der Waals surface area contributed by atoms with Crippen LogP contribution >= 0.6 is 11.6 Å². The summed E-state index contributed by atoms with van der Waals surface area (Å²) in [5, 5.41) is 3.51. The van der Waals surface area contributed by atoms with Gasteiger partial charge in [-0.15, -0.1) is 0 Å². The first-order valence-electron chi connectivity index (χ1n) is 11.4. The van der Waals surface area contributed by atoms with Gasteiger partial charge in [0.1, 0.15) is 12.6 Å². The second-order valence-electron chi connectivity index (χ2n) is 8.92. The van der Waals surface area contributed by atoms with Crippen LogP contribution in [-0.4, -0.2) is 50.0 Å². The maximum atomic E-state index is 13.5. The van der Waals surface area contributed by atoms with Crippen LogP contribution < -0.4 is 9.62 Å². The number of benzene rings is 2. The van der Waals surface area contributed by atoms with E-state index in [-0.39, 0.29) is 18.5 Å². The lowest BCUT2D eigenvalue weighted by atomic mass is 10.1. The molecule has 1 saturated carbocycles. The van der Waals surface area contributed by atoms with Gasteiger partial charge in [-0.05, 0) is 56.5 Å². The Bertz CT molecular complexity index is 1100. The number of aryl methyl sites for hydroxylation is 1. The number of nitrogens with one attached hydrogen (secondary N) is 1. The molecule has 0 bridgehead atoms. The molecular weight excluding hydrogens is 474 g/mol. The summed E-state index contributed by atoms with van der Waals surface area (Å²) >= 11 is 5.95. The fraction of sp³-hybridized carbons (Fsp3) is 0.440. The molecule has 2 aromatic rings. The first-order chi connectivity index (χ1) is 16.0. The van der Waals surface area contributed by atoms with Crippen molar-refractivity contribution in [3.05, 3.63) is 64.7 Å². The molecule has 1 N–H and O–H groups in total. The summed E-state index contributed by atoms with van der Waals surface area (Å²) < 4.78 is 26.1. The molecule has 0 heterocycles. The molecule has 0 radical (unpaired) electrons. The maximum absolute atomic E-state index is 13.5. The number of halogens is 1. The van der Waals surface area contributed by atoms with Gasteiger partial charge in [0.25, 0.3) is 0 Å². The Morgan fingerprint density at radius 1 is 1.06 bits per heavy atom. The lowest BCUT2D eigenvalue weighted by Gasteiger charge is -2.32. The predicted molar refractivity (Wildman–Crippen MR) is 135 cm³/mol. The zero-order valence-electron chi connectivity index (χ0n) is 19.8. The van der Waals surface area contributed by atoms with Gasteiger partial charge in [0.15, 0.2) is 0 Å². The van der Waals surface area contributed by atoms with Crippen molar-refractivity contribution < 1.29 is 18.0 Å². The van der Waals surface area contributed by atoms with Crippen molar-refractivity contribution in [2.75, 3.05) is 17.1 Å². The second-order valence-corrected chi connectivity index (χ2v) is 11.3. The standard InChI is InChI=1S/C25H32ClN3O4S/c1-18-8-10-20(11-9-18)16-28(19(2)25(31)27-22-6-4-5-7-22)24(30)17-29(34(3,32)33)23-14-12-21(26)13-15-23/h8-15,19,22H,4-7,16-17H2,1-3H3,(H,27,31)/t19-/m0/s1. The van der Waals surface area contributed by atoms with Gasteiger partial charge in [0, 0.05) is 17.6 Å². The number of carbonyl (C=O) groups excluding carboxylic acids is 2. The first kappa shape index (κ1) is 26.0. The van der Waals surface area contributed by atoms with Gasteiger partial charge < -0.3 is 10.2 Å². The van der Waals surface area contributed by atoms with Gasteiger partial charge in [0.2, 0.25) is 21.8 Å². The number of carbonyl (C=O) groups is 2. The first-order valence-corrected chi connectivity index (χ1v) is 13.7. The highest BCUT2D eigenvalue weighted by Crippen LogP contribution is 2.22. The zero-order valence-corrected chi connectivity index (χ0v) is 21.4. The van der Waals surface area contributed by atoms with Crippen molar-refractivity contribution in [1.82, 2.24) is 10.2 Å². The summed E-state index contributed by atoms with van der Waals surface area (Å²) in [4.78, 5) is 28.0. The van der Waals surface area contributed by atoms with Gasteiger partial charge in [0.05, 0.1) is 11.9 Å². The van der Waals surface area contributed by atoms with E-state index in [2.05, 4.69) is 5.32 Å². The molecule has 0 spiro atoms. The average Bonchev–Trinajstić information content (AvgIpc) is 3.29. The van der Waals surface area contributed by atoms with Crippen LogP contribution in [0.25, 0.3) is 0 Å². The smallest absolute Gasteiger partial charge is 0.244 e. The molecule has 2 aromatic carbocycles. The molecule has 0 aliphatic heterocycles. The van der Waals surface area contributed by atoms with E-state index in [0.717, 1.165) is 47.4 Å². The highest BCUT2D eigenvalue weighted by atomic mass is 35.5. The van der Waals surface area contributed by atoms with Crippen molar-refractivity contribution in [1.29, 1.82) is 0 Å². The number of amides is 2. The van der Waals surface area contributed by atoms with E-state index in [4.69, 9.17) is 11.6 Å². The van der Waals surface area contributed by atoms with Gasteiger partial charge in [-0.25, -0.2) is 8.42 Å². The van der Waals surface area contributed by atoms with Crippen LogP contribution in [0.4, 0.5) is 5.69 Å². The molecule has 0 aromatic heterocycles. The molecule has 1 atom stereocenters. The average molecular weight is 506 g/mol. The summed E-state index contributed by atoms with van der Waals surface area (Å²) in [5.74, 6) is -0.695. The molecule has 3 rings (SSSR count). The SMILES string of the molecule is Cc1ccc(CN(C(=O)CN(c2ccc(Cl)cc2)S(C)(=O)=O)[C@@H](C)C(=O)NC2CCCC2)cc1. The summed E-state index contributed by atoms with van der Waals surface area (Å²) in [7, 11) is -3.76. The molecule has 1 fully saturated rings. The highest BCUT2D eigenvalue weighted by molar-refractivity contribution is 7.92. The summed E-state index contributed by atoms with van der Waals surface area (Å²) in [6.45, 7) is 3.42.